The summed E-state index contributed by atoms with van der Waals surface area (Å²) in [5.74, 6) is -0.0650. The molecule has 0 spiro atoms. The molecule has 0 atom stereocenters. The topological polar surface area (TPSA) is 68.0 Å². The Morgan fingerprint density at radius 3 is 2.47 bits per heavy atom. The van der Waals surface area contributed by atoms with E-state index in [0.717, 1.165) is 31.4 Å². The summed E-state index contributed by atoms with van der Waals surface area (Å²) < 4.78 is 0. The largest absolute Gasteiger partial charge is 0.345 e. The summed E-state index contributed by atoms with van der Waals surface area (Å²) in [6.45, 7) is 2.41. The highest BCUT2D eigenvalue weighted by atomic mass is 35.5. The van der Waals surface area contributed by atoms with Crippen LogP contribution in [0.2, 0.25) is 0 Å². The maximum absolute atomic E-state index is 12.1. The van der Waals surface area contributed by atoms with Crippen molar-refractivity contribution >= 4 is 30.7 Å². The summed E-state index contributed by atoms with van der Waals surface area (Å²) >= 11 is 0. The minimum Gasteiger partial charge on any atom is -0.345 e. The fourth-order valence-electron chi connectivity index (χ4n) is 2.35. The Morgan fingerprint density at radius 1 is 1.37 bits per heavy atom. The molecule has 4 nitrogen and oxygen atoms in total. The molecular formula is C13H21Cl2N3O. The third kappa shape index (κ3) is 4.34. The van der Waals surface area contributed by atoms with Gasteiger partial charge in [0.15, 0.2) is 0 Å². The van der Waals surface area contributed by atoms with Crippen LogP contribution in [0.4, 0.5) is 0 Å². The van der Waals surface area contributed by atoms with Gasteiger partial charge in [-0.15, -0.1) is 24.8 Å². The monoisotopic (exact) mass is 305 g/mol. The van der Waals surface area contributed by atoms with Crippen LogP contribution < -0.4 is 11.1 Å². The molecule has 1 fully saturated rings. The molecule has 0 aromatic carbocycles. The number of nitrogens with zero attached hydrogens (tertiary/aromatic N) is 1. The maximum Gasteiger partial charge on any atom is 0.253 e. The van der Waals surface area contributed by atoms with Crippen molar-refractivity contribution in [3.63, 3.8) is 0 Å². The zero-order valence-corrected chi connectivity index (χ0v) is 12.6. The summed E-state index contributed by atoms with van der Waals surface area (Å²) in [6, 6.07) is 3.65. The fourth-order valence-corrected chi connectivity index (χ4v) is 2.35. The maximum atomic E-state index is 12.1. The predicted octanol–water partition coefficient (Wildman–Crippen LogP) is 2.23. The van der Waals surface area contributed by atoms with Gasteiger partial charge in [-0.05, 0) is 31.9 Å². The molecule has 0 radical (unpaired) electrons. The zero-order chi connectivity index (χ0) is 12.3. The van der Waals surface area contributed by atoms with Gasteiger partial charge in [0.2, 0.25) is 0 Å². The Morgan fingerprint density at radius 2 is 2.00 bits per heavy atom. The minimum absolute atomic E-state index is 0. The second-order valence-corrected chi connectivity index (χ2v) is 4.83. The van der Waals surface area contributed by atoms with Crippen LogP contribution in [-0.4, -0.2) is 23.0 Å². The lowest BCUT2D eigenvalue weighted by Gasteiger charge is -2.28. The van der Waals surface area contributed by atoms with Crippen molar-refractivity contribution in [2.45, 2.75) is 38.1 Å². The van der Waals surface area contributed by atoms with Crippen molar-refractivity contribution in [2.75, 3.05) is 6.54 Å². The Hall–Kier alpha value is -0.840. The number of pyridine rings is 1. The van der Waals surface area contributed by atoms with Gasteiger partial charge < -0.3 is 11.1 Å². The van der Waals surface area contributed by atoms with E-state index in [4.69, 9.17) is 5.73 Å². The molecule has 6 heteroatoms. The summed E-state index contributed by atoms with van der Waals surface area (Å²) in [5.41, 5.74) is 7.12. The molecule has 1 aromatic heterocycles. The van der Waals surface area contributed by atoms with Crippen molar-refractivity contribution in [2.24, 2.45) is 5.73 Å². The minimum atomic E-state index is -0.192. The summed E-state index contributed by atoms with van der Waals surface area (Å²) in [6.07, 6.45) is 5.86. The molecule has 1 amide bonds. The van der Waals surface area contributed by atoms with Crippen LogP contribution >= 0.6 is 24.8 Å². The van der Waals surface area contributed by atoms with E-state index in [1.54, 1.807) is 12.3 Å². The zero-order valence-electron chi connectivity index (χ0n) is 11.0. The number of nitrogens with one attached hydrogen (secondary N) is 1. The normalized spacial score (nSPS) is 16.1. The fraction of sp³-hybridized carbons (Fsp3) is 0.538. The third-order valence-corrected chi connectivity index (χ3v) is 3.50. The average molecular weight is 306 g/mol. The van der Waals surface area contributed by atoms with Gasteiger partial charge in [-0.3, -0.25) is 9.78 Å². The highest BCUT2D eigenvalue weighted by Gasteiger charge is 2.34. The quantitative estimate of drug-likeness (QED) is 0.900. The first-order valence-corrected chi connectivity index (χ1v) is 6.10. The first kappa shape index (κ1) is 18.2. The van der Waals surface area contributed by atoms with Gasteiger partial charge in [-0.2, -0.15) is 0 Å². The van der Waals surface area contributed by atoms with E-state index in [-0.39, 0.29) is 36.3 Å². The molecule has 1 heterocycles. The Balaban J connectivity index is 0.00000162. The molecule has 0 unspecified atom stereocenters. The van der Waals surface area contributed by atoms with Gasteiger partial charge in [0.05, 0.1) is 11.1 Å². The molecule has 2 rings (SSSR count). The number of nitrogens with two attached hydrogens (primary N) is 1. The molecule has 1 aliphatic carbocycles. The van der Waals surface area contributed by atoms with E-state index in [2.05, 4.69) is 10.3 Å². The molecule has 0 saturated heterocycles. The number of hydrogen-bond acceptors (Lipinski definition) is 3. The van der Waals surface area contributed by atoms with Crippen LogP contribution in [0.25, 0.3) is 0 Å². The number of carbonyl (C=O) groups excluding carboxylic acids is 1. The first-order valence-electron chi connectivity index (χ1n) is 6.10. The Labute approximate surface area is 126 Å². The molecule has 1 aromatic rings. The van der Waals surface area contributed by atoms with E-state index in [1.165, 1.54) is 0 Å². The van der Waals surface area contributed by atoms with E-state index in [0.29, 0.717) is 12.1 Å². The number of amides is 1. The molecule has 1 saturated carbocycles. The standard InChI is InChI=1S/C13H19N3O.2ClH/c1-10-4-5-11(8-15-10)12(17)16-13(9-14)6-2-3-7-13;;/h4-5,8H,2-3,6-7,9,14H2,1H3,(H,16,17);2*1H. The lowest BCUT2D eigenvalue weighted by Crippen LogP contribution is -2.51. The van der Waals surface area contributed by atoms with Crippen LogP contribution in [0.15, 0.2) is 18.3 Å². The number of rotatable bonds is 3. The molecule has 108 valence electrons. The van der Waals surface area contributed by atoms with Crippen molar-refractivity contribution in [3.05, 3.63) is 29.6 Å². The SMILES string of the molecule is Cc1ccc(C(=O)NC2(CN)CCCC2)cn1.Cl.Cl. The molecule has 0 bridgehead atoms. The van der Waals surface area contributed by atoms with Gasteiger partial charge in [0.25, 0.3) is 5.91 Å². The highest BCUT2D eigenvalue weighted by Crippen LogP contribution is 2.28. The van der Waals surface area contributed by atoms with E-state index in [9.17, 15) is 4.79 Å². The van der Waals surface area contributed by atoms with Gasteiger partial charge in [0, 0.05) is 18.4 Å². The van der Waals surface area contributed by atoms with Crippen molar-refractivity contribution in [1.29, 1.82) is 0 Å². The van der Waals surface area contributed by atoms with Gasteiger partial charge in [0.1, 0.15) is 0 Å². The Kier molecular flexibility index (Phi) is 7.34. The van der Waals surface area contributed by atoms with Crippen LogP contribution in [0.3, 0.4) is 0 Å². The summed E-state index contributed by atoms with van der Waals surface area (Å²) in [4.78, 5) is 16.2. The number of aromatic nitrogens is 1. The van der Waals surface area contributed by atoms with E-state index < -0.39 is 0 Å². The Bertz CT molecular complexity index is 403. The van der Waals surface area contributed by atoms with Crippen LogP contribution in [0, 0.1) is 6.92 Å². The van der Waals surface area contributed by atoms with Gasteiger partial charge in [-0.25, -0.2) is 0 Å². The average Bonchev–Trinajstić information content (AvgIpc) is 2.79. The van der Waals surface area contributed by atoms with Gasteiger partial charge >= 0.3 is 0 Å². The summed E-state index contributed by atoms with van der Waals surface area (Å²) in [7, 11) is 0. The first-order chi connectivity index (χ1) is 8.15. The van der Waals surface area contributed by atoms with Crippen molar-refractivity contribution < 1.29 is 4.79 Å². The number of hydrogen-bond donors (Lipinski definition) is 2. The third-order valence-electron chi connectivity index (χ3n) is 3.50. The lowest BCUT2D eigenvalue weighted by molar-refractivity contribution is 0.0902. The van der Waals surface area contributed by atoms with Crippen LogP contribution in [0.5, 0.6) is 0 Å². The molecule has 19 heavy (non-hydrogen) atoms. The predicted molar refractivity (Wildman–Crippen MR) is 81.2 cm³/mol. The molecule has 0 aliphatic heterocycles. The number of carbonyl (C=O) groups is 1. The van der Waals surface area contributed by atoms with E-state index in [1.807, 2.05) is 13.0 Å². The summed E-state index contributed by atoms with van der Waals surface area (Å²) in [5, 5.41) is 3.07. The van der Waals surface area contributed by atoms with Crippen molar-refractivity contribution in [3.8, 4) is 0 Å². The number of aryl methyl sites for hydroxylation is 1. The number of halogens is 2. The highest BCUT2D eigenvalue weighted by molar-refractivity contribution is 5.94. The smallest absolute Gasteiger partial charge is 0.253 e. The second kappa shape index (κ2) is 7.68. The molecule has 3 N–H and O–H groups in total. The van der Waals surface area contributed by atoms with Crippen molar-refractivity contribution in [1.82, 2.24) is 10.3 Å². The van der Waals surface area contributed by atoms with Crippen LogP contribution in [-0.2, 0) is 0 Å². The lowest BCUT2D eigenvalue weighted by atomic mass is 9.97. The second-order valence-electron chi connectivity index (χ2n) is 4.83. The molecular weight excluding hydrogens is 285 g/mol. The van der Waals surface area contributed by atoms with E-state index >= 15 is 0 Å². The van der Waals surface area contributed by atoms with Crippen LogP contribution in [0.1, 0.15) is 41.7 Å². The molecule has 1 aliphatic rings. The van der Waals surface area contributed by atoms with Gasteiger partial charge in [-0.1, -0.05) is 12.8 Å².